The van der Waals surface area contributed by atoms with Crippen molar-refractivity contribution < 1.29 is 37.0 Å². The summed E-state index contributed by atoms with van der Waals surface area (Å²) in [6.07, 6.45) is -4.55. The van der Waals surface area contributed by atoms with Crippen LogP contribution in [0, 0.1) is 0 Å². The fourth-order valence-corrected chi connectivity index (χ4v) is 2.43. The first-order valence-electron chi connectivity index (χ1n) is 8.81. The molecule has 2 aromatic rings. The van der Waals surface area contributed by atoms with Gasteiger partial charge in [0.1, 0.15) is 0 Å². The molecule has 0 radical (unpaired) electrons. The van der Waals surface area contributed by atoms with Crippen LogP contribution in [0.15, 0.2) is 42.5 Å². The number of amides is 2. The van der Waals surface area contributed by atoms with E-state index in [9.17, 15) is 22.8 Å². The summed E-state index contributed by atoms with van der Waals surface area (Å²) in [7, 11) is 2.58. The lowest BCUT2D eigenvalue weighted by Crippen LogP contribution is -2.19. The third kappa shape index (κ3) is 7.53. The van der Waals surface area contributed by atoms with E-state index in [0.29, 0.717) is 23.4 Å². The number of benzene rings is 2. The molecule has 2 N–H and O–H groups in total. The lowest BCUT2D eigenvalue weighted by Gasteiger charge is -2.13. The van der Waals surface area contributed by atoms with Crippen molar-refractivity contribution in [3.63, 3.8) is 0 Å². The summed E-state index contributed by atoms with van der Waals surface area (Å²) < 4.78 is 51.2. The van der Waals surface area contributed by atoms with E-state index in [0.717, 1.165) is 0 Å². The highest BCUT2D eigenvalue weighted by Gasteiger charge is 2.29. The number of halogens is 3. The standard InChI is InChI=1S/C20H21F3N2O5/c1-28-17-11-13(3-9-16(17)30-12-20(21,22)23)4-10-18(26)24-14-5-7-15(8-6-14)25-19(27)29-2/h3,5-9,11H,4,10,12H2,1-2H3,(H,24,26)(H,25,27). The molecule has 10 heteroatoms. The zero-order valence-electron chi connectivity index (χ0n) is 16.3. The number of ether oxygens (including phenoxy) is 3. The van der Waals surface area contributed by atoms with Crippen molar-refractivity contribution in [3.8, 4) is 11.5 Å². The molecule has 2 amide bonds. The molecule has 162 valence electrons. The summed E-state index contributed by atoms with van der Waals surface area (Å²) in [6, 6.07) is 11.0. The van der Waals surface area contributed by atoms with Gasteiger partial charge in [-0.15, -0.1) is 0 Å². The van der Waals surface area contributed by atoms with Crippen molar-refractivity contribution in [2.45, 2.75) is 19.0 Å². The predicted molar refractivity (Wildman–Crippen MR) is 104 cm³/mol. The van der Waals surface area contributed by atoms with Crippen LogP contribution in [0.3, 0.4) is 0 Å². The number of hydrogen-bond donors (Lipinski definition) is 2. The Morgan fingerprint density at radius 1 is 0.933 bits per heavy atom. The number of nitrogens with one attached hydrogen (secondary N) is 2. The Hall–Kier alpha value is -3.43. The average molecular weight is 426 g/mol. The number of carbonyl (C=O) groups is 2. The SMILES string of the molecule is COC(=O)Nc1ccc(NC(=O)CCc2ccc(OCC(F)(F)F)c(OC)c2)cc1. The zero-order chi connectivity index (χ0) is 22.1. The molecule has 0 heterocycles. The molecule has 7 nitrogen and oxygen atoms in total. The van der Waals surface area contributed by atoms with Crippen LogP contribution in [-0.4, -0.2) is 39.0 Å². The van der Waals surface area contributed by atoms with E-state index in [4.69, 9.17) is 9.47 Å². The molecule has 0 atom stereocenters. The van der Waals surface area contributed by atoms with Crippen LogP contribution in [0.25, 0.3) is 0 Å². The zero-order valence-corrected chi connectivity index (χ0v) is 16.3. The second kappa shape index (κ2) is 10.4. The Morgan fingerprint density at radius 3 is 2.13 bits per heavy atom. The molecule has 30 heavy (non-hydrogen) atoms. The van der Waals surface area contributed by atoms with Crippen molar-refractivity contribution in [2.24, 2.45) is 0 Å². The quantitative estimate of drug-likeness (QED) is 0.654. The smallest absolute Gasteiger partial charge is 0.422 e. The van der Waals surface area contributed by atoms with E-state index < -0.39 is 18.9 Å². The molecule has 0 aliphatic heterocycles. The molecule has 0 spiro atoms. The van der Waals surface area contributed by atoms with Gasteiger partial charge in [-0.05, 0) is 48.4 Å². The molecule has 0 aliphatic rings. The number of aryl methyl sites for hydroxylation is 1. The first kappa shape index (κ1) is 22.9. The van der Waals surface area contributed by atoms with Gasteiger partial charge in [0.15, 0.2) is 18.1 Å². The monoisotopic (exact) mass is 426 g/mol. The van der Waals surface area contributed by atoms with E-state index in [1.54, 1.807) is 30.3 Å². The summed E-state index contributed by atoms with van der Waals surface area (Å²) in [6.45, 7) is -1.42. The van der Waals surface area contributed by atoms with E-state index in [-0.39, 0.29) is 23.8 Å². The normalized spacial score (nSPS) is 10.8. The highest BCUT2D eigenvalue weighted by atomic mass is 19.4. The van der Waals surface area contributed by atoms with Crippen molar-refractivity contribution in [2.75, 3.05) is 31.5 Å². The van der Waals surface area contributed by atoms with E-state index in [1.807, 2.05) is 0 Å². The van der Waals surface area contributed by atoms with Gasteiger partial charge >= 0.3 is 12.3 Å². The topological polar surface area (TPSA) is 85.9 Å². The molecule has 2 aromatic carbocycles. The van der Waals surface area contributed by atoms with Gasteiger partial charge in [-0.1, -0.05) is 6.07 Å². The minimum absolute atomic E-state index is 0.0244. The Morgan fingerprint density at radius 2 is 1.57 bits per heavy atom. The highest BCUT2D eigenvalue weighted by molar-refractivity contribution is 5.91. The second-order valence-corrected chi connectivity index (χ2v) is 6.13. The maximum absolute atomic E-state index is 12.3. The largest absolute Gasteiger partial charge is 0.493 e. The van der Waals surface area contributed by atoms with Crippen LogP contribution in [0.5, 0.6) is 11.5 Å². The fourth-order valence-electron chi connectivity index (χ4n) is 2.43. The number of rotatable bonds is 8. The molecule has 0 aromatic heterocycles. The maximum Gasteiger partial charge on any atom is 0.422 e. The molecule has 0 unspecified atom stereocenters. The number of methoxy groups -OCH3 is 2. The van der Waals surface area contributed by atoms with Crippen molar-refractivity contribution in [1.29, 1.82) is 0 Å². The van der Waals surface area contributed by atoms with Crippen LogP contribution in [0.2, 0.25) is 0 Å². The van der Waals surface area contributed by atoms with Gasteiger partial charge in [0.25, 0.3) is 0 Å². The third-order valence-electron chi connectivity index (χ3n) is 3.86. The molecular weight excluding hydrogens is 405 g/mol. The molecule has 0 fully saturated rings. The minimum atomic E-state index is -4.45. The number of alkyl halides is 3. The maximum atomic E-state index is 12.3. The molecule has 0 aliphatic carbocycles. The predicted octanol–water partition coefficient (Wildman–Crippen LogP) is 4.39. The van der Waals surface area contributed by atoms with Crippen LogP contribution in [0.4, 0.5) is 29.3 Å². The van der Waals surface area contributed by atoms with E-state index >= 15 is 0 Å². The van der Waals surface area contributed by atoms with Crippen LogP contribution < -0.4 is 20.1 Å². The average Bonchev–Trinajstić information content (AvgIpc) is 2.71. The van der Waals surface area contributed by atoms with Crippen LogP contribution >= 0.6 is 0 Å². The molecule has 0 saturated heterocycles. The summed E-state index contributed by atoms with van der Waals surface area (Å²) in [4.78, 5) is 23.3. The Bertz CT molecular complexity index is 870. The van der Waals surface area contributed by atoms with Gasteiger partial charge < -0.3 is 19.5 Å². The van der Waals surface area contributed by atoms with Crippen molar-refractivity contribution in [3.05, 3.63) is 48.0 Å². The Labute approximate surface area is 171 Å². The summed E-state index contributed by atoms with van der Waals surface area (Å²) >= 11 is 0. The van der Waals surface area contributed by atoms with Gasteiger partial charge in [-0.2, -0.15) is 13.2 Å². The molecule has 0 saturated carbocycles. The molecule has 2 rings (SSSR count). The van der Waals surface area contributed by atoms with Gasteiger partial charge in [0.05, 0.1) is 14.2 Å². The van der Waals surface area contributed by atoms with Crippen LogP contribution in [-0.2, 0) is 16.0 Å². The second-order valence-electron chi connectivity index (χ2n) is 6.13. The van der Waals surface area contributed by atoms with Gasteiger partial charge in [0, 0.05) is 17.8 Å². The number of carbonyl (C=O) groups excluding carboxylic acids is 2. The summed E-state index contributed by atoms with van der Waals surface area (Å²) in [5.41, 5.74) is 1.77. The lowest BCUT2D eigenvalue weighted by atomic mass is 10.1. The molecular formula is C20H21F3N2O5. The van der Waals surface area contributed by atoms with Crippen molar-refractivity contribution in [1.82, 2.24) is 0 Å². The van der Waals surface area contributed by atoms with Crippen LogP contribution in [0.1, 0.15) is 12.0 Å². The minimum Gasteiger partial charge on any atom is -0.493 e. The summed E-state index contributed by atoms with van der Waals surface area (Å²) in [5.74, 6) is -0.116. The Balaban J connectivity index is 1.88. The Kier molecular flexibility index (Phi) is 7.90. The van der Waals surface area contributed by atoms with Gasteiger partial charge in [-0.25, -0.2) is 4.79 Å². The van der Waals surface area contributed by atoms with E-state index in [2.05, 4.69) is 15.4 Å². The van der Waals surface area contributed by atoms with Crippen molar-refractivity contribution >= 4 is 23.4 Å². The summed E-state index contributed by atoms with van der Waals surface area (Å²) in [5, 5.41) is 5.21. The lowest BCUT2D eigenvalue weighted by molar-refractivity contribution is -0.153. The third-order valence-corrected chi connectivity index (χ3v) is 3.86. The molecule has 0 bridgehead atoms. The van der Waals surface area contributed by atoms with E-state index in [1.165, 1.54) is 26.4 Å². The fraction of sp³-hybridized carbons (Fsp3) is 0.300. The van der Waals surface area contributed by atoms with Gasteiger partial charge in [0.2, 0.25) is 5.91 Å². The van der Waals surface area contributed by atoms with Gasteiger partial charge in [-0.3, -0.25) is 10.1 Å². The number of anilines is 2. The highest BCUT2D eigenvalue weighted by Crippen LogP contribution is 2.30. The first-order chi connectivity index (χ1) is 14.2. The first-order valence-corrected chi connectivity index (χ1v) is 8.81. The number of hydrogen-bond acceptors (Lipinski definition) is 5.